The molecule has 0 aliphatic carbocycles. The highest BCUT2D eigenvalue weighted by Crippen LogP contribution is 2.26. The summed E-state index contributed by atoms with van der Waals surface area (Å²) < 4.78 is 22.7. The molecule has 0 saturated carbocycles. The smallest absolute Gasteiger partial charge is 0.127 e. The fourth-order valence-electron chi connectivity index (χ4n) is 3.93. The van der Waals surface area contributed by atoms with Gasteiger partial charge in [0.15, 0.2) is 0 Å². The second-order valence-electron chi connectivity index (χ2n) is 9.78. The Labute approximate surface area is 240 Å². The third-order valence-electron chi connectivity index (χ3n) is 6.38. The lowest BCUT2D eigenvalue weighted by molar-refractivity contribution is 0.169. The van der Waals surface area contributed by atoms with Gasteiger partial charge in [-0.3, -0.25) is 9.98 Å². The van der Waals surface area contributed by atoms with Crippen molar-refractivity contribution >= 4 is 23.8 Å². The van der Waals surface area contributed by atoms with Gasteiger partial charge in [0.25, 0.3) is 0 Å². The Morgan fingerprint density at radius 2 is 1.24 bits per heavy atom. The van der Waals surface area contributed by atoms with E-state index >= 15 is 0 Å². The maximum absolute atomic E-state index is 9.01. The van der Waals surface area contributed by atoms with Gasteiger partial charge in [-0.25, -0.2) is 0 Å². The molecule has 1 heterocycles. The van der Waals surface area contributed by atoms with Gasteiger partial charge in [-0.2, -0.15) is 0 Å². The van der Waals surface area contributed by atoms with Crippen LogP contribution >= 0.6 is 0 Å². The number of aliphatic hydroxyl groups is 1. The molecule has 1 fully saturated rings. The first-order chi connectivity index (χ1) is 20.1. The van der Waals surface area contributed by atoms with E-state index in [2.05, 4.69) is 9.98 Å². The van der Waals surface area contributed by atoms with Crippen LogP contribution < -0.4 is 14.2 Å². The number of hydrogen-bond donors (Lipinski definition) is 1. The molecule has 0 amide bonds. The van der Waals surface area contributed by atoms with Crippen molar-refractivity contribution in [2.24, 2.45) is 9.98 Å². The third-order valence-corrected chi connectivity index (χ3v) is 6.38. The van der Waals surface area contributed by atoms with E-state index in [-0.39, 0.29) is 12.7 Å². The second kappa shape index (κ2) is 14.3. The summed E-state index contributed by atoms with van der Waals surface area (Å²) in [4.78, 5) is 9.11. The molecule has 2 atom stereocenters. The molecule has 0 bridgehead atoms. The Morgan fingerprint density at radius 1 is 0.756 bits per heavy atom. The van der Waals surface area contributed by atoms with Crippen LogP contribution in [0.4, 0.5) is 11.4 Å². The number of rotatable bonds is 14. The van der Waals surface area contributed by atoms with Gasteiger partial charge in [-0.1, -0.05) is 0 Å². The molecule has 0 spiro atoms. The number of benzene rings is 4. The molecule has 1 N–H and O–H groups in total. The van der Waals surface area contributed by atoms with Crippen LogP contribution in [0, 0.1) is 0 Å². The summed E-state index contributed by atoms with van der Waals surface area (Å²) in [7, 11) is 0. The van der Waals surface area contributed by atoms with Crippen molar-refractivity contribution in [3.63, 3.8) is 0 Å². The van der Waals surface area contributed by atoms with E-state index < -0.39 is 0 Å². The summed E-state index contributed by atoms with van der Waals surface area (Å²) >= 11 is 0. The van der Waals surface area contributed by atoms with Gasteiger partial charge in [-0.15, -0.1) is 0 Å². The zero-order valence-electron chi connectivity index (χ0n) is 23.1. The Balaban J connectivity index is 1.08. The van der Waals surface area contributed by atoms with E-state index in [4.69, 9.17) is 24.1 Å². The quantitative estimate of drug-likeness (QED) is 0.132. The lowest BCUT2D eigenvalue weighted by Gasteiger charge is -2.13. The van der Waals surface area contributed by atoms with Crippen LogP contribution in [0.5, 0.6) is 23.0 Å². The number of epoxide rings is 1. The highest BCUT2D eigenvalue weighted by atomic mass is 16.6. The fourth-order valence-corrected chi connectivity index (χ4v) is 3.93. The van der Waals surface area contributed by atoms with E-state index in [1.165, 1.54) is 0 Å². The Morgan fingerprint density at radius 3 is 1.73 bits per heavy atom. The van der Waals surface area contributed by atoms with Crippen LogP contribution in [0.25, 0.3) is 0 Å². The van der Waals surface area contributed by atoms with E-state index in [0.29, 0.717) is 19.1 Å². The van der Waals surface area contributed by atoms with E-state index in [1.807, 2.05) is 116 Å². The summed E-state index contributed by atoms with van der Waals surface area (Å²) in [5, 5.41) is 9.01. The summed E-state index contributed by atoms with van der Waals surface area (Å²) in [5.41, 5.74) is 3.63. The van der Waals surface area contributed by atoms with Gasteiger partial charge < -0.3 is 24.1 Å². The molecule has 0 aromatic heterocycles. The molecule has 1 aliphatic heterocycles. The van der Waals surface area contributed by atoms with E-state index in [0.717, 1.165) is 58.5 Å². The molecule has 4 aromatic carbocycles. The van der Waals surface area contributed by atoms with Gasteiger partial charge >= 0.3 is 0 Å². The molecular formula is C34H34N2O5. The van der Waals surface area contributed by atoms with Crippen molar-refractivity contribution in [1.82, 2.24) is 0 Å². The Kier molecular flexibility index (Phi) is 9.76. The van der Waals surface area contributed by atoms with Crippen LogP contribution in [0.15, 0.2) is 107 Å². The third kappa shape index (κ3) is 9.31. The summed E-state index contributed by atoms with van der Waals surface area (Å²) in [5.74, 6) is 3.08. The van der Waals surface area contributed by atoms with Gasteiger partial charge in [-0.05, 0) is 115 Å². The van der Waals surface area contributed by atoms with Gasteiger partial charge in [0, 0.05) is 31.9 Å². The highest BCUT2D eigenvalue weighted by molar-refractivity contribution is 5.82. The second-order valence-corrected chi connectivity index (χ2v) is 9.78. The first-order valence-corrected chi connectivity index (χ1v) is 13.8. The minimum absolute atomic E-state index is 0.0285. The molecule has 4 aromatic rings. The average molecular weight is 551 g/mol. The summed E-state index contributed by atoms with van der Waals surface area (Å²) in [6, 6.07) is 30.9. The van der Waals surface area contributed by atoms with E-state index in [9.17, 15) is 0 Å². The molecule has 5 rings (SSSR count). The minimum Gasteiger partial charge on any atom is -0.493 e. The monoisotopic (exact) mass is 550 g/mol. The normalized spacial score (nSPS) is 15.2. The SMILES string of the molecule is CC(CCO)Oc1ccc(C=Nc2ccc(Oc3ccc(/N=C\c4ccc(OCCC5CO5)cc4)cc3)cc2)cc1. The predicted octanol–water partition coefficient (Wildman–Crippen LogP) is 7.30. The number of aliphatic imine (C=N–C) groups is 2. The van der Waals surface area contributed by atoms with E-state index in [1.54, 1.807) is 0 Å². The lowest BCUT2D eigenvalue weighted by atomic mass is 10.2. The van der Waals surface area contributed by atoms with Crippen LogP contribution in [0.1, 0.15) is 30.9 Å². The highest BCUT2D eigenvalue weighted by Gasteiger charge is 2.21. The summed E-state index contributed by atoms with van der Waals surface area (Å²) in [6.07, 6.45) is 5.53. The average Bonchev–Trinajstić information content (AvgIpc) is 3.83. The molecule has 41 heavy (non-hydrogen) atoms. The van der Waals surface area contributed by atoms with Gasteiger partial charge in [0.2, 0.25) is 0 Å². The van der Waals surface area contributed by atoms with Crippen molar-refractivity contribution in [2.45, 2.75) is 32.0 Å². The maximum Gasteiger partial charge on any atom is 0.127 e. The molecule has 1 aliphatic rings. The first-order valence-electron chi connectivity index (χ1n) is 13.8. The molecule has 7 nitrogen and oxygen atoms in total. The van der Waals surface area contributed by atoms with Crippen molar-refractivity contribution in [2.75, 3.05) is 19.8 Å². The van der Waals surface area contributed by atoms with Crippen molar-refractivity contribution < 1.29 is 24.1 Å². The fraction of sp³-hybridized carbons (Fsp3) is 0.235. The molecule has 210 valence electrons. The number of nitrogens with zero attached hydrogens (tertiary/aromatic N) is 2. The van der Waals surface area contributed by atoms with Crippen molar-refractivity contribution in [3.05, 3.63) is 108 Å². The van der Waals surface area contributed by atoms with Crippen LogP contribution in [-0.4, -0.2) is 49.6 Å². The predicted molar refractivity (Wildman–Crippen MR) is 162 cm³/mol. The molecule has 7 heteroatoms. The van der Waals surface area contributed by atoms with Crippen molar-refractivity contribution in [3.8, 4) is 23.0 Å². The molecule has 0 radical (unpaired) electrons. The number of hydrogen-bond acceptors (Lipinski definition) is 7. The van der Waals surface area contributed by atoms with Crippen LogP contribution in [0.2, 0.25) is 0 Å². The van der Waals surface area contributed by atoms with Gasteiger partial charge in [0.1, 0.15) is 23.0 Å². The standard InChI is InChI=1S/C34H34N2O5/c1-25(18-20-37)40-31-12-4-27(5-13-31)23-36-29-8-16-33(17-9-29)41-32-14-6-28(7-15-32)35-22-26-2-10-30(11-3-26)38-21-19-34-24-39-34/h2-17,22-23,25,34,37H,18-21,24H2,1H3/b35-22-,36-23?. The lowest BCUT2D eigenvalue weighted by Crippen LogP contribution is -2.13. The number of ether oxygens (including phenoxy) is 4. The van der Waals surface area contributed by atoms with Crippen LogP contribution in [-0.2, 0) is 4.74 Å². The summed E-state index contributed by atoms with van der Waals surface area (Å²) in [6.45, 7) is 3.58. The molecule has 1 saturated heterocycles. The molecule has 2 unspecified atom stereocenters. The topological polar surface area (TPSA) is 85.2 Å². The Hall–Kier alpha value is -4.46. The van der Waals surface area contributed by atoms with Crippen molar-refractivity contribution in [1.29, 1.82) is 0 Å². The molecular weight excluding hydrogens is 516 g/mol. The Bertz CT molecular complexity index is 1410. The maximum atomic E-state index is 9.01. The zero-order valence-corrected chi connectivity index (χ0v) is 23.1. The number of aliphatic hydroxyl groups excluding tert-OH is 1. The van der Waals surface area contributed by atoms with Crippen LogP contribution in [0.3, 0.4) is 0 Å². The largest absolute Gasteiger partial charge is 0.493 e. The zero-order chi connectivity index (χ0) is 28.3. The first kappa shape index (κ1) is 28.1. The minimum atomic E-state index is -0.0285. The van der Waals surface area contributed by atoms with Gasteiger partial charge in [0.05, 0.1) is 36.8 Å².